The van der Waals surface area contributed by atoms with Gasteiger partial charge >= 0.3 is 0 Å². The molecule has 1 aliphatic carbocycles. The van der Waals surface area contributed by atoms with Crippen molar-refractivity contribution < 1.29 is 34.3 Å². The Bertz CT molecular complexity index is 603. The number of ether oxygens (including phenoxy) is 4. The second-order valence-corrected chi connectivity index (χ2v) is 9.38. The first-order valence-corrected chi connectivity index (χ1v) is 11.3. The fraction of sp³-hybridized carbons (Fsp3) is 1.00. The summed E-state index contributed by atoms with van der Waals surface area (Å²) in [4.78, 5) is 0. The number of nitrogens with two attached hydrogens (primary N) is 3. The van der Waals surface area contributed by atoms with Gasteiger partial charge in [-0.1, -0.05) is 0 Å². The standard InChI is InChI=1S/C20H41N5O7/c1-20(28)8-29-19(14(27)17(20)25-3)31-15-11(23)6-12(24-2)16(13(15)26)32-18-10(22)5-4-9(7-21)30-18/h9-19,24-28H,4-8,21-23H2,1-3H3/t9-,10+,11+,12-,13+,14+,15-,16+,17+,18+,19+,20-/m0/s1. The molecule has 32 heavy (non-hydrogen) atoms. The molecule has 12 heteroatoms. The summed E-state index contributed by atoms with van der Waals surface area (Å²) >= 11 is 0. The van der Waals surface area contributed by atoms with Crippen LogP contribution in [0.2, 0.25) is 0 Å². The van der Waals surface area contributed by atoms with Crippen LogP contribution in [0.1, 0.15) is 26.2 Å². The third kappa shape index (κ3) is 5.43. The zero-order valence-electron chi connectivity index (χ0n) is 19.1. The van der Waals surface area contributed by atoms with Crippen molar-refractivity contribution in [3.8, 4) is 0 Å². The lowest BCUT2D eigenvalue weighted by molar-refractivity contribution is -0.307. The maximum Gasteiger partial charge on any atom is 0.185 e. The van der Waals surface area contributed by atoms with E-state index < -0.39 is 54.7 Å². The molecule has 3 rings (SSSR count). The second-order valence-electron chi connectivity index (χ2n) is 9.38. The van der Waals surface area contributed by atoms with E-state index in [0.29, 0.717) is 19.4 Å². The number of rotatable bonds is 7. The van der Waals surface area contributed by atoms with Gasteiger partial charge in [0.05, 0.1) is 24.8 Å². The van der Waals surface area contributed by atoms with Crippen LogP contribution in [0.3, 0.4) is 0 Å². The van der Waals surface area contributed by atoms with E-state index in [2.05, 4.69) is 10.6 Å². The van der Waals surface area contributed by atoms with Crippen LogP contribution < -0.4 is 27.8 Å². The molecule has 12 atom stereocenters. The molecule has 0 aromatic carbocycles. The van der Waals surface area contributed by atoms with Crippen LogP contribution in [-0.2, 0) is 18.9 Å². The highest BCUT2D eigenvalue weighted by Crippen LogP contribution is 2.31. The molecule has 2 heterocycles. The molecule has 12 nitrogen and oxygen atoms in total. The first-order valence-electron chi connectivity index (χ1n) is 11.3. The van der Waals surface area contributed by atoms with Crippen molar-refractivity contribution in [1.29, 1.82) is 0 Å². The van der Waals surface area contributed by atoms with Crippen molar-refractivity contribution in [1.82, 2.24) is 10.6 Å². The van der Waals surface area contributed by atoms with E-state index in [-0.39, 0.29) is 24.8 Å². The minimum Gasteiger partial charge on any atom is -0.388 e. The average Bonchev–Trinajstić information content (AvgIpc) is 2.75. The molecule has 2 aliphatic heterocycles. The Morgan fingerprint density at radius 3 is 2.31 bits per heavy atom. The van der Waals surface area contributed by atoms with Gasteiger partial charge in [0.2, 0.25) is 0 Å². The number of aliphatic hydroxyl groups excluding tert-OH is 2. The summed E-state index contributed by atoms with van der Waals surface area (Å²) in [5.41, 5.74) is 17.0. The van der Waals surface area contributed by atoms with Gasteiger partial charge in [-0.05, 0) is 40.3 Å². The Labute approximate surface area is 189 Å². The molecule has 0 spiro atoms. The molecule has 3 aliphatic rings. The fourth-order valence-electron chi connectivity index (χ4n) is 4.93. The predicted octanol–water partition coefficient (Wildman–Crippen LogP) is -3.72. The highest BCUT2D eigenvalue weighted by atomic mass is 16.7. The Kier molecular flexibility index (Phi) is 8.86. The number of likely N-dealkylation sites (N-methyl/N-ethyl adjacent to an activating group) is 2. The Hall–Kier alpha value is -0.480. The monoisotopic (exact) mass is 463 g/mol. The Morgan fingerprint density at radius 1 is 1.00 bits per heavy atom. The molecule has 2 saturated heterocycles. The summed E-state index contributed by atoms with van der Waals surface area (Å²) in [6.45, 7) is 1.87. The second kappa shape index (κ2) is 10.8. The first kappa shape index (κ1) is 26.1. The molecule has 0 radical (unpaired) electrons. The van der Waals surface area contributed by atoms with Crippen molar-refractivity contribution in [3.05, 3.63) is 0 Å². The predicted molar refractivity (Wildman–Crippen MR) is 115 cm³/mol. The molecule has 0 aromatic rings. The lowest BCUT2D eigenvalue weighted by atomic mass is 9.83. The van der Waals surface area contributed by atoms with E-state index in [1.54, 1.807) is 21.0 Å². The van der Waals surface area contributed by atoms with Gasteiger partial charge in [-0.2, -0.15) is 0 Å². The van der Waals surface area contributed by atoms with Gasteiger partial charge in [-0.25, -0.2) is 0 Å². The van der Waals surface area contributed by atoms with Crippen LogP contribution in [0.4, 0.5) is 0 Å². The van der Waals surface area contributed by atoms with Crippen molar-refractivity contribution in [2.75, 3.05) is 27.2 Å². The zero-order valence-corrected chi connectivity index (χ0v) is 19.1. The lowest BCUT2D eigenvalue weighted by Gasteiger charge is -2.49. The van der Waals surface area contributed by atoms with Gasteiger partial charge in [0.1, 0.15) is 30.0 Å². The van der Waals surface area contributed by atoms with Gasteiger partial charge in [0.15, 0.2) is 12.6 Å². The van der Waals surface area contributed by atoms with Crippen molar-refractivity contribution in [3.63, 3.8) is 0 Å². The summed E-state index contributed by atoms with van der Waals surface area (Å²) in [7, 11) is 3.40. The minimum atomic E-state index is -1.28. The molecular weight excluding hydrogens is 422 g/mol. The van der Waals surface area contributed by atoms with Crippen LogP contribution in [0.5, 0.6) is 0 Å². The van der Waals surface area contributed by atoms with E-state index in [1.807, 2.05) is 0 Å². The summed E-state index contributed by atoms with van der Waals surface area (Å²) in [5, 5.41) is 38.4. The van der Waals surface area contributed by atoms with Gasteiger partial charge in [0, 0.05) is 18.6 Å². The lowest BCUT2D eigenvalue weighted by Crippen LogP contribution is -2.69. The summed E-state index contributed by atoms with van der Waals surface area (Å²) < 4.78 is 23.6. The average molecular weight is 464 g/mol. The molecular formula is C20H41N5O7. The molecule has 0 bridgehead atoms. The molecule has 1 saturated carbocycles. The van der Waals surface area contributed by atoms with Crippen molar-refractivity contribution in [2.24, 2.45) is 17.2 Å². The zero-order chi connectivity index (χ0) is 23.6. The van der Waals surface area contributed by atoms with Crippen LogP contribution in [0.15, 0.2) is 0 Å². The molecule has 11 N–H and O–H groups in total. The number of hydrogen-bond acceptors (Lipinski definition) is 12. The van der Waals surface area contributed by atoms with E-state index in [1.165, 1.54) is 0 Å². The first-order chi connectivity index (χ1) is 15.1. The van der Waals surface area contributed by atoms with Crippen LogP contribution in [0.25, 0.3) is 0 Å². The quantitative estimate of drug-likeness (QED) is 0.184. The smallest absolute Gasteiger partial charge is 0.185 e. The van der Waals surface area contributed by atoms with E-state index in [9.17, 15) is 15.3 Å². The molecule has 0 amide bonds. The highest BCUT2D eigenvalue weighted by Gasteiger charge is 2.51. The van der Waals surface area contributed by atoms with Gasteiger partial charge in [-0.15, -0.1) is 0 Å². The minimum absolute atomic E-state index is 0.0530. The van der Waals surface area contributed by atoms with E-state index in [0.717, 1.165) is 6.42 Å². The van der Waals surface area contributed by atoms with Gasteiger partial charge in [0.25, 0.3) is 0 Å². The maximum absolute atomic E-state index is 11.2. The highest BCUT2D eigenvalue weighted by molar-refractivity contribution is 5.02. The van der Waals surface area contributed by atoms with E-state index in [4.69, 9.17) is 36.1 Å². The maximum atomic E-state index is 11.2. The fourth-order valence-corrected chi connectivity index (χ4v) is 4.93. The summed E-state index contributed by atoms with van der Waals surface area (Å²) in [5.74, 6) is 0. The van der Waals surface area contributed by atoms with Crippen molar-refractivity contribution in [2.45, 2.75) is 99.1 Å². The molecule has 188 valence electrons. The number of nitrogens with one attached hydrogen (secondary N) is 2. The SMILES string of the molecule is CN[C@H]1C[C@@H](N)[C@H](O[C@H]2OC[C@](C)(O)[C@H](NC)[C@H]2O)[C@@H](O)[C@@H]1O[C@H]1O[C@H](CN)CC[C@H]1N. The Balaban J connectivity index is 1.72. The third-order valence-corrected chi connectivity index (χ3v) is 6.87. The van der Waals surface area contributed by atoms with Gasteiger partial charge in [-0.3, -0.25) is 0 Å². The van der Waals surface area contributed by atoms with Gasteiger partial charge < -0.3 is 62.1 Å². The third-order valence-electron chi connectivity index (χ3n) is 6.87. The summed E-state index contributed by atoms with van der Waals surface area (Å²) in [6.07, 6.45) is -3.97. The Morgan fingerprint density at radius 2 is 1.69 bits per heavy atom. The normalized spacial score (nSPS) is 50.3. The largest absolute Gasteiger partial charge is 0.388 e. The van der Waals surface area contributed by atoms with Crippen LogP contribution in [0, 0.1) is 0 Å². The van der Waals surface area contributed by atoms with Crippen LogP contribution >= 0.6 is 0 Å². The molecule has 0 unspecified atom stereocenters. The number of hydrogen-bond donors (Lipinski definition) is 8. The topological polar surface area (TPSA) is 200 Å². The molecule has 3 fully saturated rings. The molecule has 0 aromatic heterocycles. The van der Waals surface area contributed by atoms with Crippen molar-refractivity contribution >= 4 is 0 Å². The van der Waals surface area contributed by atoms with Crippen LogP contribution in [-0.4, -0.2) is 115 Å². The number of aliphatic hydroxyl groups is 3. The summed E-state index contributed by atoms with van der Waals surface area (Å²) in [6, 6.07) is -1.85. The van der Waals surface area contributed by atoms with E-state index >= 15 is 0 Å².